The molecule has 5 aromatic rings. The minimum Gasteiger partial charge on any atom is -0.497 e. The molecule has 2 aromatic heterocycles. The second kappa shape index (κ2) is 22.3. The fourth-order valence-corrected chi connectivity index (χ4v) is 9.86. The molecule has 2 aliphatic rings. The summed E-state index contributed by atoms with van der Waals surface area (Å²) in [4.78, 5) is 81.3. The van der Waals surface area contributed by atoms with Crippen LogP contribution in [-0.2, 0) is 52.5 Å². The Morgan fingerprint density at radius 2 is 1.35 bits per heavy atom. The van der Waals surface area contributed by atoms with E-state index in [1.165, 1.54) is 30.8 Å². The molecule has 7 atom stereocenters. The molecule has 1 unspecified atom stereocenters. The van der Waals surface area contributed by atoms with Gasteiger partial charge in [-0.15, -0.1) is 0 Å². The van der Waals surface area contributed by atoms with Crippen LogP contribution in [0.25, 0.3) is 0 Å². The number of nitrogens with one attached hydrogen (secondary N) is 1. The third kappa shape index (κ3) is 12.4. The van der Waals surface area contributed by atoms with Gasteiger partial charge in [0.25, 0.3) is 5.56 Å². The number of phosphoric acid groups is 1. The van der Waals surface area contributed by atoms with E-state index in [0.29, 0.717) is 38.8 Å². The molecule has 7 rings (SSSR count). The van der Waals surface area contributed by atoms with Crippen LogP contribution in [-0.4, -0.2) is 93.7 Å². The number of aryl methyl sites for hydroxylation is 2. The zero-order valence-corrected chi connectivity index (χ0v) is 42.1. The number of carbonyl (C=O) groups excluding carboxylic acids is 2. The molecule has 0 radical (unpaired) electrons. The van der Waals surface area contributed by atoms with E-state index in [0.717, 1.165) is 16.3 Å². The second-order valence-corrected chi connectivity index (χ2v) is 20.3. The minimum absolute atomic E-state index is 0.0443. The van der Waals surface area contributed by atoms with Crippen LogP contribution < -0.4 is 26.4 Å². The maximum absolute atomic E-state index is 14.1. The van der Waals surface area contributed by atoms with E-state index in [2.05, 4.69) is 9.97 Å². The summed E-state index contributed by atoms with van der Waals surface area (Å²) in [6, 6.07) is 24.0. The van der Waals surface area contributed by atoms with Crippen molar-refractivity contribution in [1.29, 1.82) is 0 Å². The van der Waals surface area contributed by atoms with Gasteiger partial charge in [0.15, 0.2) is 0 Å². The Morgan fingerprint density at radius 1 is 0.803 bits per heavy atom. The number of nitrogens with zero attached hydrogens (tertiary/aromatic N) is 3. The number of methoxy groups -OCH3 is 2. The number of rotatable bonds is 19. The largest absolute Gasteiger partial charge is 0.497 e. The van der Waals surface area contributed by atoms with Gasteiger partial charge in [-0.3, -0.25) is 37.5 Å². The predicted molar refractivity (Wildman–Crippen MR) is 257 cm³/mol. The highest BCUT2D eigenvalue weighted by molar-refractivity contribution is 7.99. The Morgan fingerprint density at radius 3 is 1.93 bits per heavy atom. The molecule has 380 valence electrons. The maximum Gasteiger partial charge on any atom is 0.472 e. The van der Waals surface area contributed by atoms with E-state index in [9.17, 15) is 33.4 Å². The van der Waals surface area contributed by atoms with E-state index >= 15 is 0 Å². The van der Waals surface area contributed by atoms with Gasteiger partial charge in [0.1, 0.15) is 64.9 Å². The van der Waals surface area contributed by atoms with Gasteiger partial charge in [-0.2, -0.15) is 4.98 Å². The van der Waals surface area contributed by atoms with Gasteiger partial charge in [-0.05, 0) is 81.1 Å². The predicted octanol–water partition coefficient (Wildman–Crippen LogP) is 6.08. The fraction of sp³-hybridized carbons (Fsp3) is 0.429. The van der Waals surface area contributed by atoms with Gasteiger partial charge >= 0.3 is 31.1 Å². The van der Waals surface area contributed by atoms with E-state index < -0.39 is 91.2 Å². The first kappa shape index (κ1) is 52.9. The zero-order chi connectivity index (χ0) is 51.3. The van der Waals surface area contributed by atoms with Crippen LogP contribution in [0.1, 0.15) is 80.8 Å². The minimum atomic E-state index is -5.09. The fourth-order valence-electron chi connectivity index (χ4n) is 8.20. The lowest BCUT2D eigenvalue weighted by atomic mass is 9.80. The molecule has 0 aliphatic carbocycles. The van der Waals surface area contributed by atoms with Gasteiger partial charge < -0.3 is 38.1 Å². The second-order valence-electron chi connectivity index (χ2n) is 17.9. The zero-order valence-electron chi connectivity index (χ0n) is 40.4. The highest BCUT2D eigenvalue weighted by atomic mass is 32.2. The third-order valence-electron chi connectivity index (χ3n) is 11.8. The first-order chi connectivity index (χ1) is 33.7. The van der Waals surface area contributed by atoms with Gasteiger partial charge in [-0.25, -0.2) is 14.2 Å². The van der Waals surface area contributed by atoms with E-state index in [4.69, 9.17) is 42.2 Å². The molecule has 0 saturated carbocycles. The van der Waals surface area contributed by atoms with Crippen LogP contribution in [0.4, 0.5) is 0 Å². The van der Waals surface area contributed by atoms with Crippen molar-refractivity contribution < 1.29 is 61.3 Å². The summed E-state index contributed by atoms with van der Waals surface area (Å²) in [6.07, 6.45) is -4.18. The quantitative estimate of drug-likeness (QED) is 0.0238. The smallest absolute Gasteiger partial charge is 0.472 e. The molecule has 2 N–H and O–H groups in total. The van der Waals surface area contributed by atoms with Crippen molar-refractivity contribution in [3.8, 4) is 11.5 Å². The Labute approximate surface area is 413 Å². The molecule has 2 fully saturated rings. The van der Waals surface area contributed by atoms with Crippen LogP contribution >= 0.6 is 19.6 Å². The third-order valence-corrected chi connectivity index (χ3v) is 13.8. The number of aromatic amines is 1. The molecule has 4 heterocycles. The average molecular weight is 1020 g/mol. The lowest BCUT2D eigenvalue weighted by molar-refractivity contribution is -0.151. The molecular weight excluding hydrogens is 964 g/mol. The van der Waals surface area contributed by atoms with E-state index in [1.807, 2.05) is 54.6 Å². The van der Waals surface area contributed by atoms with Crippen LogP contribution in [0.5, 0.6) is 11.5 Å². The Hall–Kier alpha value is -5.90. The molecule has 71 heavy (non-hydrogen) atoms. The maximum atomic E-state index is 14.1. The molecule has 20 nitrogen and oxygen atoms in total. The van der Waals surface area contributed by atoms with Crippen molar-refractivity contribution in [2.45, 2.75) is 102 Å². The number of phosphoric ester groups is 1. The number of thioether (sulfide) groups is 1. The number of carbonyl (C=O) groups is 2. The van der Waals surface area contributed by atoms with Crippen molar-refractivity contribution in [1.82, 2.24) is 19.1 Å². The van der Waals surface area contributed by atoms with Crippen LogP contribution in [0.15, 0.2) is 111 Å². The summed E-state index contributed by atoms with van der Waals surface area (Å²) in [5.74, 6) is 0.0382. The van der Waals surface area contributed by atoms with Crippen molar-refractivity contribution in [2.24, 2.45) is 5.41 Å². The van der Waals surface area contributed by atoms with Crippen molar-refractivity contribution in [3.63, 3.8) is 0 Å². The first-order valence-electron chi connectivity index (χ1n) is 22.6. The molecule has 0 amide bonds. The summed E-state index contributed by atoms with van der Waals surface area (Å²) in [5.41, 5.74) is -1.30. The normalized spacial score (nSPS) is 21.1. The first-order valence-corrected chi connectivity index (χ1v) is 25.0. The van der Waals surface area contributed by atoms with E-state index in [-0.39, 0.29) is 31.0 Å². The number of hydrogen-bond donors (Lipinski definition) is 2. The number of H-pyrrole nitrogens is 1. The van der Waals surface area contributed by atoms with Gasteiger partial charge in [0, 0.05) is 37.7 Å². The van der Waals surface area contributed by atoms with Crippen LogP contribution in [0.2, 0.25) is 0 Å². The average Bonchev–Trinajstić information content (AvgIpc) is 3.93. The monoisotopic (exact) mass is 1020 g/mol. The lowest BCUT2D eigenvalue weighted by Crippen LogP contribution is -2.38. The number of aromatic nitrogens is 4. The van der Waals surface area contributed by atoms with Crippen LogP contribution in [0, 0.1) is 19.3 Å². The van der Waals surface area contributed by atoms with Gasteiger partial charge in [0.2, 0.25) is 0 Å². The highest BCUT2D eigenvalue weighted by Crippen LogP contribution is 2.50. The molecule has 0 spiro atoms. The number of ether oxygens (including phenoxy) is 7. The number of esters is 2. The topological polar surface area (TPSA) is 244 Å². The summed E-state index contributed by atoms with van der Waals surface area (Å²) in [7, 11) is -1.97. The molecule has 3 aromatic carbocycles. The van der Waals surface area contributed by atoms with Gasteiger partial charge in [-0.1, -0.05) is 66.4 Å². The molecular formula is C49H57N4O16PS. The van der Waals surface area contributed by atoms with Crippen molar-refractivity contribution in [3.05, 3.63) is 150 Å². The van der Waals surface area contributed by atoms with E-state index in [1.54, 1.807) is 66.2 Å². The molecule has 2 aliphatic heterocycles. The molecule has 22 heteroatoms. The Balaban J connectivity index is 1.15. The lowest BCUT2D eigenvalue weighted by Gasteiger charge is -2.37. The number of benzene rings is 3. The SMILES string of the molecule is COc1ccc(C(OC[C@H]2O[C@@H](n3cc(C)c(=O)[nH]c3=O)C[C@@H]2OP(=O)(O)OC[C@H]2O[C@@H](n3cc(C)c(SCOC(=O)C(C)(C)C)nc3=O)C[C@@H]2OC(C)=O)(c2ccccc2)c2ccc(OC)cc2)cc1. The van der Waals surface area contributed by atoms with Gasteiger partial charge in [0.05, 0.1) is 32.8 Å². The van der Waals surface area contributed by atoms with Crippen LogP contribution in [0.3, 0.4) is 0 Å². The summed E-state index contributed by atoms with van der Waals surface area (Å²) < 4.78 is 69.4. The highest BCUT2D eigenvalue weighted by Gasteiger charge is 2.47. The molecule has 0 bridgehead atoms. The Kier molecular flexibility index (Phi) is 16.6. The van der Waals surface area contributed by atoms with Crippen molar-refractivity contribution >= 4 is 31.5 Å². The Bertz CT molecular complexity index is 2860. The standard InChI is InChI=1S/C49H57N4O16PS/c1-29-24-52(46(57)50-43(29)55)42-23-38(39(67-42)26-64-49(32-12-10-9-11-13-32,33-14-18-35(61-7)19-15-33)34-16-20-36(62-8)21-17-34)69-70(59,60)65-27-40-37(66-31(3)54)22-41(68-40)53-25-30(2)44(51-47(53)58)71-28-63-45(56)48(4,5)6/h9-21,24-25,37-42H,22-23,26-28H2,1-8H3,(H,59,60)(H,50,55,57)/t37-,38-,39+,40+,41+,42+/m0/s1. The number of hydrogen-bond acceptors (Lipinski definition) is 17. The summed E-state index contributed by atoms with van der Waals surface area (Å²) in [6.45, 7) is 8.64. The summed E-state index contributed by atoms with van der Waals surface area (Å²) in [5, 5.41) is 0.329. The molecule has 2 saturated heterocycles. The summed E-state index contributed by atoms with van der Waals surface area (Å²) >= 11 is 1.07. The van der Waals surface area contributed by atoms with Crippen molar-refractivity contribution in [2.75, 3.05) is 33.4 Å².